The van der Waals surface area contributed by atoms with Gasteiger partial charge in [0.25, 0.3) is 0 Å². The van der Waals surface area contributed by atoms with Gasteiger partial charge in [0.05, 0.1) is 0 Å². The van der Waals surface area contributed by atoms with Gasteiger partial charge in [-0.2, -0.15) is 23.3 Å². The molecule has 0 unspecified atom stereocenters. The fourth-order valence-corrected chi connectivity index (χ4v) is 2.40. The zero-order valence-electron chi connectivity index (χ0n) is 16.1. The second-order valence-electron chi connectivity index (χ2n) is 7.57. The quantitative estimate of drug-likeness (QED) is 0.504. The fourth-order valence-electron chi connectivity index (χ4n) is 2.40. The van der Waals surface area contributed by atoms with Crippen molar-refractivity contribution in [2.24, 2.45) is 0 Å². The molecular formula is C22H34Co-6. The summed E-state index contributed by atoms with van der Waals surface area (Å²) in [6.07, 6.45) is 0. The van der Waals surface area contributed by atoms with E-state index in [1.807, 2.05) is 0 Å². The molecule has 0 aliphatic heterocycles. The fraction of sp³-hybridized carbons (Fsp3) is 0.545. The first-order valence-electron chi connectivity index (χ1n) is 8.75. The Hall–Kier alpha value is -0.794. The molecule has 137 valence electrons. The van der Waals surface area contributed by atoms with E-state index in [9.17, 15) is 0 Å². The van der Waals surface area contributed by atoms with Gasteiger partial charge in [0.15, 0.2) is 0 Å². The molecule has 0 aliphatic rings. The maximum absolute atomic E-state index is 2.31. The Morgan fingerprint density at radius 3 is 1.48 bits per heavy atom. The summed E-state index contributed by atoms with van der Waals surface area (Å²) in [5.74, 6) is 2.68. The van der Waals surface area contributed by atoms with Crippen molar-refractivity contribution in [3.05, 3.63) is 58.7 Å². The van der Waals surface area contributed by atoms with Crippen molar-refractivity contribution in [3.8, 4) is 0 Å². The summed E-state index contributed by atoms with van der Waals surface area (Å²) in [5, 5.41) is 0. The number of rotatable bonds is 4. The SMILES string of the molecule is CC(C)[c-]1[cH-][cH-][c-](C(C)C)[cH-]1.CC(C)c1cc[c-](C(C)C)c1.[Co]. The first-order chi connectivity index (χ1) is 10.2. The average Bonchev–Trinajstić information content (AvgIpc) is 3.09. The van der Waals surface area contributed by atoms with Crippen molar-refractivity contribution in [1.82, 2.24) is 0 Å². The van der Waals surface area contributed by atoms with Gasteiger partial charge in [-0.15, -0.1) is 0 Å². The maximum Gasteiger partial charge on any atom is 0 e. The number of hydrogen-bond donors (Lipinski definition) is 0. The predicted molar refractivity (Wildman–Crippen MR) is 100 cm³/mol. The zero-order valence-corrected chi connectivity index (χ0v) is 17.1. The second kappa shape index (κ2) is 10.2. The van der Waals surface area contributed by atoms with Gasteiger partial charge in [0.2, 0.25) is 0 Å². The van der Waals surface area contributed by atoms with Crippen LogP contribution < -0.4 is 0 Å². The molecule has 0 bridgehead atoms. The average molecular weight is 357 g/mol. The van der Waals surface area contributed by atoms with Crippen molar-refractivity contribution in [3.63, 3.8) is 0 Å². The van der Waals surface area contributed by atoms with Gasteiger partial charge in [-0.05, 0) is 0 Å². The van der Waals surface area contributed by atoms with Crippen LogP contribution in [0.15, 0.2) is 36.4 Å². The third kappa shape index (κ3) is 7.09. The molecule has 0 aliphatic carbocycles. The minimum absolute atomic E-state index is 0. The summed E-state index contributed by atoms with van der Waals surface area (Å²) in [7, 11) is 0. The first kappa shape index (κ1) is 22.2. The van der Waals surface area contributed by atoms with Crippen LogP contribution in [0.4, 0.5) is 0 Å². The van der Waals surface area contributed by atoms with E-state index in [2.05, 4.69) is 91.8 Å². The molecule has 0 saturated heterocycles. The largest absolute Gasteiger partial charge is 0.745 e. The van der Waals surface area contributed by atoms with E-state index in [1.54, 1.807) is 0 Å². The molecule has 23 heavy (non-hydrogen) atoms. The predicted octanol–water partition coefficient (Wildman–Crippen LogP) is 7.30. The minimum atomic E-state index is 0. The summed E-state index contributed by atoms with van der Waals surface area (Å²) in [6.45, 7) is 17.9. The van der Waals surface area contributed by atoms with Gasteiger partial charge in [0, 0.05) is 16.8 Å². The van der Waals surface area contributed by atoms with E-state index >= 15 is 0 Å². The Labute approximate surface area is 154 Å². The molecule has 1 heteroatoms. The summed E-state index contributed by atoms with van der Waals surface area (Å²) in [6, 6.07) is 13.6. The molecule has 0 nitrogen and oxygen atoms in total. The Bertz CT molecular complexity index is 443. The van der Waals surface area contributed by atoms with Gasteiger partial charge in [-0.25, -0.2) is 17.9 Å². The van der Waals surface area contributed by atoms with Gasteiger partial charge < -0.3 is 29.3 Å². The molecule has 0 aromatic heterocycles. The van der Waals surface area contributed by atoms with E-state index in [1.165, 1.54) is 22.3 Å². The summed E-state index contributed by atoms with van der Waals surface area (Å²) < 4.78 is 0. The van der Waals surface area contributed by atoms with Crippen LogP contribution in [-0.4, -0.2) is 0 Å². The zero-order chi connectivity index (χ0) is 16.9. The molecule has 0 N–H and O–H groups in total. The molecule has 2 aromatic carbocycles. The van der Waals surface area contributed by atoms with Crippen LogP contribution in [0.25, 0.3) is 0 Å². The van der Waals surface area contributed by atoms with Crippen LogP contribution in [0.5, 0.6) is 0 Å². The normalized spacial score (nSPS) is 11.0. The van der Waals surface area contributed by atoms with Gasteiger partial charge in [0.1, 0.15) is 0 Å². The molecule has 0 spiro atoms. The van der Waals surface area contributed by atoms with Crippen LogP contribution in [0, 0.1) is 0 Å². The molecule has 0 fully saturated rings. The van der Waals surface area contributed by atoms with Gasteiger partial charge in [-0.1, -0.05) is 67.2 Å². The van der Waals surface area contributed by atoms with Crippen molar-refractivity contribution in [2.75, 3.05) is 0 Å². The van der Waals surface area contributed by atoms with Crippen molar-refractivity contribution in [2.45, 2.75) is 79.1 Å². The van der Waals surface area contributed by atoms with Crippen molar-refractivity contribution >= 4 is 0 Å². The van der Waals surface area contributed by atoms with E-state index in [4.69, 9.17) is 0 Å². The van der Waals surface area contributed by atoms with Crippen molar-refractivity contribution < 1.29 is 16.8 Å². The van der Waals surface area contributed by atoms with E-state index in [0.717, 1.165) is 0 Å². The maximum atomic E-state index is 2.31. The Balaban J connectivity index is 0.000000403. The number of hydrogen-bond acceptors (Lipinski definition) is 0. The molecule has 0 heterocycles. The van der Waals surface area contributed by atoms with Gasteiger partial charge >= 0.3 is 0 Å². The summed E-state index contributed by atoms with van der Waals surface area (Å²) in [4.78, 5) is 0. The molecule has 2 rings (SSSR count). The van der Waals surface area contributed by atoms with E-state index < -0.39 is 0 Å². The summed E-state index contributed by atoms with van der Waals surface area (Å²) in [5.41, 5.74) is 5.87. The molecule has 0 atom stereocenters. The topological polar surface area (TPSA) is 0 Å². The van der Waals surface area contributed by atoms with Crippen LogP contribution >= 0.6 is 0 Å². The molecular weight excluding hydrogens is 323 g/mol. The first-order valence-corrected chi connectivity index (χ1v) is 8.75. The van der Waals surface area contributed by atoms with Crippen LogP contribution in [0.3, 0.4) is 0 Å². The molecule has 2 aromatic rings. The molecule has 0 saturated carbocycles. The third-order valence-corrected chi connectivity index (χ3v) is 4.27. The molecule has 1 radical (unpaired) electrons. The standard InChI is InChI=1S/2C11H17.Co/c2*1-8(2)10-5-6-11(7-10)9(3)4;/h2*5-9H,1-4H3;/q-5;-1;. The van der Waals surface area contributed by atoms with Gasteiger partial charge in [-0.3, -0.25) is 0 Å². The third-order valence-electron chi connectivity index (χ3n) is 4.27. The Morgan fingerprint density at radius 1 is 0.783 bits per heavy atom. The Kier molecular flexibility index (Phi) is 9.80. The monoisotopic (exact) mass is 357 g/mol. The van der Waals surface area contributed by atoms with Crippen molar-refractivity contribution in [1.29, 1.82) is 0 Å². The van der Waals surface area contributed by atoms with E-state index in [-0.39, 0.29) is 16.8 Å². The second-order valence-corrected chi connectivity index (χ2v) is 7.57. The van der Waals surface area contributed by atoms with Crippen LogP contribution in [0.2, 0.25) is 0 Å². The molecule has 0 amide bonds. The summed E-state index contributed by atoms with van der Waals surface area (Å²) >= 11 is 0. The van der Waals surface area contributed by atoms with Crippen LogP contribution in [-0.2, 0) is 16.8 Å². The van der Waals surface area contributed by atoms with E-state index in [0.29, 0.717) is 23.7 Å². The smallest absolute Gasteiger partial charge is 0 e. The minimum Gasteiger partial charge on any atom is -0.745 e. The Morgan fingerprint density at radius 2 is 1.26 bits per heavy atom. The van der Waals surface area contributed by atoms with Crippen LogP contribution in [0.1, 0.15) is 101 Å².